The number of aromatic nitrogens is 2. The Labute approximate surface area is 205 Å². The molecule has 2 aromatic carbocycles. The lowest BCUT2D eigenvalue weighted by Crippen LogP contribution is -2.47. The number of imidazole rings is 1. The van der Waals surface area contributed by atoms with Gasteiger partial charge in [0.05, 0.1) is 18.4 Å². The summed E-state index contributed by atoms with van der Waals surface area (Å²) in [6, 6.07) is 21.7. The van der Waals surface area contributed by atoms with Crippen LogP contribution in [0.3, 0.4) is 0 Å². The van der Waals surface area contributed by atoms with Crippen LogP contribution in [0, 0.1) is 6.92 Å². The molecule has 1 atom stereocenters. The number of pyridine rings is 1. The third kappa shape index (κ3) is 6.07. The molecule has 180 valence electrons. The highest BCUT2D eigenvalue weighted by molar-refractivity contribution is 5.94. The van der Waals surface area contributed by atoms with Crippen LogP contribution in [-0.4, -0.2) is 52.5 Å². The Kier molecular flexibility index (Phi) is 7.07. The van der Waals surface area contributed by atoms with Gasteiger partial charge in [-0.15, -0.1) is 0 Å². The summed E-state index contributed by atoms with van der Waals surface area (Å²) in [5.74, 6) is 0.497. The largest absolute Gasteiger partial charge is 0.487 e. The monoisotopic (exact) mass is 470 g/mol. The van der Waals surface area contributed by atoms with Crippen molar-refractivity contribution in [1.29, 1.82) is 0 Å². The third-order valence-electron chi connectivity index (χ3n) is 6.09. The molecule has 1 amide bonds. The van der Waals surface area contributed by atoms with Crippen molar-refractivity contribution in [3.63, 3.8) is 0 Å². The number of aryl methyl sites for hydroxylation is 1. The average Bonchev–Trinajstić information content (AvgIpc) is 3.29. The fourth-order valence-electron chi connectivity index (χ4n) is 4.31. The van der Waals surface area contributed by atoms with Gasteiger partial charge in [-0.2, -0.15) is 0 Å². The molecule has 1 saturated heterocycles. The van der Waals surface area contributed by atoms with E-state index in [0.29, 0.717) is 31.1 Å². The van der Waals surface area contributed by atoms with E-state index in [1.165, 1.54) is 11.1 Å². The molecule has 2 aromatic heterocycles. The highest BCUT2D eigenvalue weighted by atomic mass is 16.5. The van der Waals surface area contributed by atoms with Crippen LogP contribution in [0.15, 0.2) is 79.1 Å². The predicted octanol–water partition coefficient (Wildman–Crippen LogP) is 3.85. The summed E-state index contributed by atoms with van der Waals surface area (Å²) in [6.07, 6.45) is 3.97. The lowest BCUT2D eigenvalue weighted by molar-refractivity contribution is -0.0292. The standard InChI is InChI=1S/C28H30N4O3/c1-21-10-11-27-30-24(18-32(27)16-21)20-35-25-9-5-8-23(14-25)28(33)29-15-26-19-31(12-13-34-26)17-22-6-3-2-4-7-22/h2-11,14,16,18,26H,12-13,15,17,19-20H2,1H3,(H,29,33). The second-order valence-electron chi connectivity index (χ2n) is 8.94. The van der Waals surface area contributed by atoms with E-state index >= 15 is 0 Å². The Morgan fingerprint density at radius 1 is 1.11 bits per heavy atom. The molecule has 3 heterocycles. The highest BCUT2D eigenvalue weighted by Crippen LogP contribution is 2.16. The maximum Gasteiger partial charge on any atom is 0.251 e. The molecule has 0 spiro atoms. The number of carbonyl (C=O) groups is 1. The number of hydrogen-bond acceptors (Lipinski definition) is 5. The molecule has 7 nitrogen and oxygen atoms in total. The quantitative estimate of drug-likeness (QED) is 0.424. The minimum atomic E-state index is -0.137. The Morgan fingerprint density at radius 2 is 2.00 bits per heavy atom. The van der Waals surface area contributed by atoms with Crippen LogP contribution >= 0.6 is 0 Å². The van der Waals surface area contributed by atoms with Crippen molar-refractivity contribution >= 4 is 11.6 Å². The lowest BCUT2D eigenvalue weighted by atomic mass is 10.1. The molecular formula is C28H30N4O3. The molecular weight excluding hydrogens is 440 g/mol. The number of nitrogens with zero attached hydrogens (tertiary/aromatic N) is 3. The normalized spacial score (nSPS) is 16.3. The molecule has 0 saturated carbocycles. The molecule has 4 aromatic rings. The molecule has 5 rings (SSSR count). The topological polar surface area (TPSA) is 68.1 Å². The Hall–Kier alpha value is -3.68. The van der Waals surface area contributed by atoms with Gasteiger partial charge < -0.3 is 19.2 Å². The van der Waals surface area contributed by atoms with E-state index < -0.39 is 0 Å². The van der Waals surface area contributed by atoms with Gasteiger partial charge in [-0.25, -0.2) is 4.98 Å². The fraction of sp³-hybridized carbons (Fsp3) is 0.286. The van der Waals surface area contributed by atoms with Gasteiger partial charge in [-0.1, -0.05) is 42.5 Å². The number of ether oxygens (including phenoxy) is 2. The van der Waals surface area contributed by atoms with Crippen molar-refractivity contribution in [2.45, 2.75) is 26.2 Å². The summed E-state index contributed by atoms with van der Waals surface area (Å²) in [5.41, 5.74) is 4.73. The van der Waals surface area contributed by atoms with Crippen molar-refractivity contribution in [2.24, 2.45) is 0 Å². The van der Waals surface area contributed by atoms with Crippen LogP contribution in [0.2, 0.25) is 0 Å². The summed E-state index contributed by atoms with van der Waals surface area (Å²) in [5, 5.41) is 3.02. The van der Waals surface area contributed by atoms with Gasteiger partial charge in [0.25, 0.3) is 5.91 Å². The number of amides is 1. The second kappa shape index (κ2) is 10.7. The maximum atomic E-state index is 12.8. The molecule has 0 aliphatic carbocycles. The number of carbonyl (C=O) groups excluding carboxylic acids is 1. The van der Waals surface area contributed by atoms with Gasteiger partial charge in [0, 0.05) is 44.1 Å². The second-order valence-corrected chi connectivity index (χ2v) is 8.94. The van der Waals surface area contributed by atoms with Crippen LogP contribution in [-0.2, 0) is 17.9 Å². The van der Waals surface area contributed by atoms with E-state index in [4.69, 9.17) is 9.47 Å². The molecule has 1 aliphatic heterocycles. The third-order valence-corrected chi connectivity index (χ3v) is 6.09. The van der Waals surface area contributed by atoms with Crippen LogP contribution in [0.1, 0.15) is 27.2 Å². The first-order valence-electron chi connectivity index (χ1n) is 12.0. The minimum absolute atomic E-state index is 0.0328. The molecule has 35 heavy (non-hydrogen) atoms. The van der Waals surface area contributed by atoms with E-state index in [9.17, 15) is 4.79 Å². The first kappa shape index (κ1) is 23.1. The predicted molar refractivity (Wildman–Crippen MR) is 134 cm³/mol. The molecule has 0 radical (unpaired) electrons. The Balaban J connectivity index is 1.13. The van der Waals surface area contributed by atoms with Crippen LogP contribution < -0.4 is 10.1 Å². The van der Waals surface area contributed by atoms with Gasteiger partial charge >= 0.3 is 0 Å². The number of fused-ring (bicyclic) bond motifs is 1. The number of hydrogen-bond donors (Lipinski definition) is 1. The van der Waals surface area contributed by atoms with Crippen LogP contribution in [0.4, 0.5) is 0 Å². The summed E-state index contributed by atoms with van der Waals surface area (Å²) in [7, 11) is 0. The molecule has 0 bridgehead atoms. The molecule has 1 aliphatic rings. The Bertz CT molecular complexity index is 1290. The number of morpholine rings is 1. The van der Waals surface area contributed by atoms with E-state index in [-0.39, 0.29) is 12.0 Å². The van der Waals surface area contributed by atoms with Gasteiger partial charge in [0.1, 0.15) is 18.0 Å². The van der Waals surface area contributed by atoms with Gasteiger partial charge in [0.2, 0.25) is 0 Å². The van der Waals surface area contributed by atoms with Crippen molar-refractivity contribution in [2.75, 3.05) is 26.2 Å². The molecule has 1 N–H and O–H groups in total. The smallest absolute Gasteiger partial charge is 0.251 e. The Morgan fingerprint density at radius 3 is 2.89 bits per heavy atom. The van der Waals surface area contributed by atoms with E-state index in [1.54, 1.807) is 12.1 Å². The number of benzene rings is 2. The summed E-state index contributed by atoms with van der Waals surface area (Å²) in [6.45, 7) is 6.09. The van der Waals surface area contributed by atoms with Crippen molar-refractivity contribution in [1.82, 2.24) is 19.6 Å². The van der Waals surface area contributed by atoms with Gasteiger partial charge in [-0.3, -0.25) is 9.69 Å². The molecule has 7 heteroatoms. The fourth-order valence-corrected chi connectivity index (χ4v) is 4.31. The summed E-state index contributed by atoms with van der Waals surface area (Å²) >= 11 is 0. The average molecular weight is 471 g/mol. The molecule has 1 unspecified atom stereocenters. The van der Waals surface area contributed by atoms with Crippen molar-refractivity contribution in [3.05, 3.63) is 102 Å². The van der Waals surface area contributed by atoms with Gasteiger partial charge in [-0.05, 0) is 42.3 Å². The highest BCUT2D eigenvalue weighted by Gasteiger charge is 2.21. The summed E-state index contributed by atoms with van der Waals surface area (Å²) in [4.78, 5) is 19.7. The lowest BCUT2D eigenvalue weighted by Gasteiger charge is -2.33. The zero-order chi connectivity index (χ0) is 24.0. The first-order chi connectivity index (χ1) is 17.1. The van der Waals surface area contributed by atoms with E-state index in [2.05, 4.69) is 39.5 Å². The van der Waals surface area contributed by atoms with Crippen LogP contribution in [0.25, 0.3) is 5.65 Å². The minimum Gasteiger partial charge on any atom is -0.487 e. The molecule has 1 fully saturated rings. The summed E-state index contributed by atoms with van der Waals surface area (Å²) < 4.78 is 13.8. The van der Waals surface area contributed by atoms with Gasteiger partial charge in [0.15, 0.2) is 0 Å². The van der Waals surface area contributed by atoms with Crippen molar-refractivity contribution < 1.29 is 14.3 Å². The number of nitrogens with one attached hydrogen (secondary N) is 1. The van der Waals surface area contributed by atoms with E-state index in [1.807, 2.05) is 54.0 Å². The zero-order valence-corrected chi connectivity index (χ0v) is 19.9. The zero-order valence-electron chi connectivity index (χ0n) is 19.9. The number of rotatable bonds is 8. The first-order valence-corrected chi connectivity index (χ1v) is 12.0. The van der Waals surface area contributed by atoms with Crippen LogP contribution in [0.5, 0.6) is 5.75 Å². The SMILES string of the molecule is Cc1ccc2nc(COc3cccc(C(=O)NCC4CN(Cc5ccccc5)CCO4)c3)cn2c1. The maximum absolute atomic E-state index is 12.8. The van der Waals surface area contributed by atoms with E-state index in [0.717, 1.165) is 31.0 Å². The van der Waals surface area contributed by atoms with Crippen molar-refractivity contribution in [3.8, 4) is 5.75 Å².